The number of anilines is 2. The Bertz CT molecular complexity index is 4760. The van der Waals surface area contributed by atoms with Crippen molar-refractivity contribution >= 4 is 73.7 Å². The Morgan fingerprint density at radius 2 is 1.35 bits per heavy atom. The van der Waals surface area contributed by atoms with Crippen LogP contribution in [0.4, 0.5) is 17.1 Å². The lowest BCUT2D eigenvalue weighted by Crippen LogP contribution is -2.27. The summed E-state index contributed by atoms with van der Waals surface area (Å²) >= 11 is 0.873. The molecule has 0 radical (unpaired) electrons. The summed E-state index contributed by atoms with van der Waals surface area (Å²) in [4.78, 5) is 48.5. The van der Waals surface area contributed by atoms with Crippen LogP contribution >= 0.6 is 12.0 Å². The number of carbonyl (C=O) groups excluding carboxylic acids is 2. The monoisotopic (exact) mass is 1320 g/mol. The Morgan fingerprint density at radius 1 is 0.695 bits per heavy atom. The zero-order valence-electron chi connectivity index (χ0n) is 53.6. The zero-order valence-corrected chi connectivity index (χ0v) is 55.2. The summed E-state index contributed by atoms with van der Waals surface area (Å²) in [5.41, 5.74) is 13.3. The molecule has 0 spiro atoms. The number of aromatic carboxylic acids is 1. The average molecular weight is 1320 g/mol. The van der Waals surface area contributed by atoms with Gasteiger partial charge in [0, 0.05) is 124 Å². The molecule has 0 saturated carbocycles. The number of nitrogens with one attached hydrogen (secondary N) is 2. The highest BCUT2D eigenvalue weighted by atomic mass is 32.2. The molecule has 2 amide bonds. The second-order valence-corrected chi connectivity index (χ2v) is 27.0. The van der Waals surface area contributed by atoms with Crippen LogP contribution in [0.5, 0.6) is 0 Å². The second-order valence-electron chi connectivity index (χ2n) is 24.8. The molecule has 21 heteroatoms. The molecule has 0 bridgehead atoms. The van der Waals surface area contributed by atoms with Crippen molar-refractivity contribution in [3.8, 4) is 22.5 Å². The van der Waals surface area contributed by atoms with E-state index in [1.54, 1.807) is 54.6 Å². The first-order chi connectivity index (χ1) is 45.4. The maximum Gasteiger partial charge on any atom is 0.335 e. The summed E-state index contributed by atoms with van der Waals surface area (Å²) in [6, 6.07) is 49.5. The van der Waals surface area contributed by atoms with Crippen molar-refractivity contribution in [3.05, 3.63) is 261 Å². The van der Waals surface area contributed by atoms with Gasteiger partial charge in [0.05, 0.1) is 34.0 Å². The molecule has 3 aliphatic heterocycles. The highest BCUT2D eigenvalue weighted by Gasteiger charge is 2.45. The summed E-state index contributed by atoms with van der Waals surface area (Å²) in [5, 5.41) is 40.1. The molecule has 3 heterocycles. The van der Waals surface area contributed by atoms with Gasteiger partial charge < -0.3 is 30.0 Å². The fraction of sp³-hybridized carbons (Fsp3) is 0.203. The van der Waals surface area contributed by atoms with Crippen molar-refractivity contribution in [1.82, 2.24) is 15.2 Å². The van der Waals surface area contributed by atoms with Crippen molar-refractivity contribution in [2.45, 2.75) is 81.1 Å². The molecule has 0 unspecified atom stereocenters. The predicted molar refractivity (Wildman–Crippen MR) is 366 cm³/mol. The largest absolute Gasteiger partial charge is 0.478 e. The molecule has 4 aliphatic rings. The van der Waals surface area contributed by atoms with Gasteiger partial charge in [0.2, 0.25) is 11.0 Å². The Labute approximate surface area is 554 Å². The third-order valence-electron chi connectivity index (χ3n) is 17.5. The normalized spacial score (nSPS) is 14.5. The number of carbonyl (C=O) groups is 3. The quantitative estimate of drug-likeness (QED) is 0.00703. The molecule has 0 aromatic heterocycles. The highest BCUT2D eigenvalue weighted by molar-refractivity contribution is 7.94. The van der Waals surface area contributed by atoms with Crippen molar-refractivity contribution in [1.29, 1.82) is 0 Å². The van der Waals surface area contributed by atoms with Gasteiger partial charge in [-0.2, -0.15) is 13.0 Å². The average Bonchev–Trinajstić information content (AvgIpc) is 1.72. The Balaban J connectivity index is 0.756. The lowest BCUT2D eigenvalue weighted by atomic mass is 9.81. The van der Waals surface area contributed by atoms with Gasteiger partial charge in [-0.3, -0.25) is 19.4 Å². The third-order valence-corrected chi connectivity index (χ3v) is 18.9. The van der Waals surface area contributed by atoms with E-state index in [1.165, 1.54) is 12.1 Å². The minimum atomic E-state index is -4.49. The number of hydrogen-bond donors (Lipinski definition) is 6. The third kappa shape index (κ3) is 14.2. The van der Waals surface area contributed by atoms with E-state index in [0.29, 0.717) is 51.6 Å². The van der Waals surface area contributed by atoms with Gasteiger partial charge in [0.15, 0.2) is 12.3 Å². The molecular weight excluding hydrogens is 1240 g/mol. The highest BCUT2D eigenvalue weighted by Crippen LogP contribution is 2.50. The number of fused-ring (bicyclic) bond motifs is 4. The fourth-order valence-electron chi connectivity index (χ4n) is 12.4. The van der Waals surface area contributed by atoms with Gasteiger partial charge in [-0.25, -0.2) is 19.5 Å². The number of hydrogen-bond acceptors (Lipinski definition) is 14. The number of carboxylic acids is 1. The summed E-state index contributed by atoms with van der Waals surface area (Å²) < 4.78 is 50.0. The van der Waals surface area contributed by atoms with Crippen LogP contribution in [0.25, 0.3) is 33.4 Å². The number of amides is 2. The SMILES string of the molecule is CN(C)c1ccc2c(-c3ccc(C(=O)NCc4ccc(CNC(=O)c5ccc(CN6\C(=C/C=C/C=C/C7=[N+](Cc8ccc(C(=O)O)cc8)c8ccc(S(=O)(=O)O)cc8C7(C)C)C(C)(C)c7cc(SOOO)ccc76)cc5)cc4)cc3COO)c3ccc(=[N+](C)C)cc-3oc2c1. The van der Waals surface area contributed by atoms with Crippen LogP contribution in [0.1, 0.15) is 97.7 Å². The Hall–Kier alpha value is -9.81. The molecule has 7 aromatic rings. The molecule has 0 saturated heterocycles. The van der Waals surface area contributed by atoms with Crippen LogP contribution in [0, 0.1) is 0 Å². The number of nitrogens with zero attached hydrogens (tertiary/aromatic N) is 4. The topological polar surface area (TPSA) is 244 Å². The van der Waals surface area contributed by atoms with E-state index in [1.807, 2.05) is 179 Å². The van der Waals surface area contributed by atoms with Gasteiger partial charge in [0.25, 0.3) is 21.9 Å². The fourth-order valence-corrected chi connectivity index (χ4v) is 13.3. The van der Waals surface area contributed by atoms with Crippen LogP contribution in [0.2, 0.25) is 0 Å². The van der Waals surface area contributed by atoms with Crippen LogP contribution < -0.4 is 30.4 Å². The molecule has 0 atom stereocenters. The number of allylic oxidation sites excluding steroid dienone is 6. The van der Waals surface area contributed by atoms with Crippen molar-refractivity contribution in [2.24, 2.45) is 0 Å². The number of carboxylic acid groups (broad SMARTS) is 1. The summed E-state index contributed by atoms with van der Waals surface area (Å²) in [6.45, 7) is 9.34. The van der Waals surface area contributed by atoms with Crippen LogP contribution in [0.3, 0.4) is 0 Å². The van der Waals surface area contributed by atoms with E-state index in [2.05, 4.69) is 39.0 Å². The first-order valence-electron chi connectivity index (χ1n) is 30.5. The summed E-state index contributed by atoms with van der Waals surface area (Å²) in [5.74, 6) is -0.912. The van der Waals surface area contributed by atoms with E-state index < -0.39 is 26.9 Å². The van der Waals surface area contributed by atoms with Crippen molar-refractivity contribution < 1.29 is 66.2 Å². The zero-order chi connectivity index (χ0) is 67.5. The molecule has 7 aromatic carbocycles. The van der Waals surface area contributed by atoms with Gasteiger partial charge in [-0.1, -0.05) is 91.7 Å². The number of rotatable bonds is 22. The Morgan fingerprint density at radius 3 is 2.00 bits per heavy atom. The molecule has 6 N–H and O–H groups in total. The summed E-state index contributed by atoms with van der Waals surface area (Å²) in [6.07, 6.45) is 9.79. The maximum atomic E-state index is 13.7. The van der Waals surface area contributed by atoms with Gasteiger partial charge in [-0.15, -0.1) is 4.33 Å². The lowest BCUT2D eigenvalue weighted by Gasteiger charge is -2.27. The molecule has 19 nitrogen and oxygen atoms in total. The smallest absolute Gasteiger partial charge is 0.335 e. The molecule has 95 heavy (non-hydrogen) atoms. The molecule has 0 fully saturated rings. The van der Waals surface area contributed by atoms with E-state index in [9.17, 15) is 37.7 Å². The predicted octanol–water partition coefficient (Wildman–Crippen LogP) is 13.1. The molecule has 486 valence electrons. The number of benzene rings is 8. The first-order valence-corrected chi connectivity index (χ1v) is 32.6. The van der Waals surface area contributed by atoms with E-state index in [4.69, 9.17) is 18.9 Å². The van der Waals surface area contributed by atoms with E-state index in [-0.39, 0.29) is 42.0 Å². The molecule has 11 rings (SSSR count). The van der Waals surface area contributed by atoms with Crippen LogP contribution in [0.15, 0.2) is 214 Å². The summed E-state index contributed by atoms with van der Waals surface area (Å²) in [7, 11) is 3.39. The first kappa shape index (κ1) is 66.6. The van der Waals surface area contributed by atoms with E-state index >= 15 is 0 Å². The van der Waals surface area contributed by atoms with Crippen LogP contribution in [-0.2, 0) is 68.0 Å². The van der Waals surface area contributed by atoms with E-state index in [0.717, 1.165) is 95.8 Å². The minimum absolute atomic E-state index is 0.156. The van der Waals surface area contributed by atoms with Gasteiger partial charge in [-0.05, 0) is 138 Å². The van der Waals surface area contributed by atoms with Crippen LogP contribution in [-0.4, -0.2) is 84.9 Å². The minimum Gasteiger partial charge on any atom is -0.478 e. The maximum absolute atomic E-state index is 13.7. The lowest BCUT2D eigenvalue weighted by molar-refractivity contribution is -0.455. The molecule has 1 aliphatic carbocycles. The Kier molecular flexibility index (Phi) is 19.4. The van der Waals surface area contributed by atoms with Gasteiger partial charge in [0.1, 0.15) is 32.0 Å². The van der Waals surface area contributed by atoms with Gasteiger partial charge >= 0.3 is 5.97 Å². The standard InChI is InChI=1S/C74H70N6O13S2/c1-73(2)61-39-56(94-93-92-86)29-34-63(61)79(67(73)12-10-9-11-13-68-74(3,4)62-40-57(95(87,88)89)30-35-64(62)80(68)44-49-20-24-51(25-21-49)72(83)84)43-48-18-22-50(23-19-48)70(81)75-41-46-14-16-47(17-15-46)42-76-71(82)52-26-31-58(53(36-52)45-90-85)69-59-32-27-54(77(5)6)37-65(59)91-66-38-55(78(7)8)28-33-60(66)69/h9-40H,41-45H2,1-8H3,(H4-2,75,76,81,82,83,84,85,86,87,88,89)/p+2. The van der Waals surface area contributed by atoms with Crippen molar-refractivity contribution in [3.63, 3.8) is 0 Å². The van der Waals surface area contributed by atoms with Crippen molar-refractivity contribution in [2.75, 3.05) is 38.0 Å². The second kappa shape index (κ2) is 27.6. The molecular formula is C74H72N6O13S2+2.